The maximum Gasteiger partial charge on any atom is 0.255 e. The summed E-state index contributed by atoms with van der Waals surface area (Å²) in [6.07, 6.45) is -2.65. The number of benzene rings is 2. The van der Waals surface area contributed by atoms with Gasteiger partial charge in [0.15, 0.2) is 11.6 Å². The lowest BCUT2D eigenvalue weighted by Gasteiger charge is -2.22. The molecule has 23 heavy (non-hydrogen) atoms. The van der Waals surface area contributed by atoms with Crippen molar-refractivity contribution in [3.05, 3.63) is 57.6 Å². The minimum atomic E-state index is -2.65. The maximum absolute atomic E-state index is 12.6. The number of anilines is 1. The van der Waals surface area contributed by atoms with Crippen molar-refractivity contribution in [2.45, 2.75) is 6.43 Å². The van der Waals surface area contributed by atoms with Gasteiger partial charge in [0.25, 0.3) is 6.43 Å². The van der Waals surface area contributed by atoms with Gasteiger partial charge in [0.1, 0.15) is 5.75 Å². The summed E-state index contributed by atoms with van der Waals surface area (Å²) in [5.41, 5.74) is -0.112. The van der Waals surface area contributed by atoms with Gasteiger partial charge in [-0.15, -0.1) is 0 Å². The van der Waals surface area contributed by atoms with E-state index >= 15 is 0 Å². The number of halogens is 3. The molecule has 2 aromatic rings. The Morgan fingerprint density at radius 3 is 2.22 bits per heavy atom. The number of ketones is 2. The molecule has 1 aliphatic rings. The van der Waals surface area contributed by atoms with E-state index in [-0.39, 0.29) is 33.0 Å². The summed E-state index contributed by atoms with van der Waals surface area (Å²) in [5, 5.41) is 12.3. The number of nitrogens with one attached hydrogen (secondary N) is 1. The molecule has 0 aromatic heterocycles. The Bertz CT molecular complexity index is 836. The summed E-state index contributed by atoms with van der Waals surface area (Å²) in [6, 6.07) is 7.28. The zero-order valence-corrected chi connectivity index (χ0v) is 12.3. The van der Waals surface area contributed by atoms with Gasteiger partial charge in [-0.2, -0.15) is 0 Å². The molecular weight excluding hydrogens is 328 g/mol. The maximum atomic E-state index is 12.6. The molecule has 0 unspecified atom stereocenters. The Hall–Kier alpha value is -2.47. The van der Waals surface area contributed by atoms with Crippen LogP contribution in [0.4, 0.5) is 14.5 Å². The van der Waals surface area contributed by atoms with Crippen LogP contribution in [0.15, 0.2) is 30.3 Å². The lowest BCUT2D eigenvalue weighted by Crippen LogP contribution is -2.23. The van der Waals surface area contributed by atoms with E-state index in [1.165, 1.54) is 12.1 Å². The molecule has 0 radical (unpaired) electrons. The Morgan fingerprint density at radius 2 is 1.65 bits per heavy atom. The first-order valence-electron chi connectivity index (χ1n) is 6.67. The summed E-state index contributed by atoms with van der Waals surface area (Å²) in [6.45, 7) is -0.712. The van der Waals surface area contributed by atoms with Crippen LogP contribution in [-0.2, 0) is 0 Å². The van der Waals surface area contributed by atoms with Crippen LogP contribution in [0.3, 0.4) is 0 Å². The van der Waals surface area contributed by atoms with E-state index in [1.807, 2.05) is 0 Å². The largest absolute Gasteiger partial charge is 0.506 e. The molecule has 7 heteroatoms. The second-order valence-corrected chi connectivity index (χ2v) is 5.39. The monoisotopic (exact) mass is 337 g/mol. The fourth-order valence-corrected chi connectivity index (χ4v) is 2.78. The lowest BCUT2D eigenvalue weighted by molar-refractivity contribution is 0.0977. The number of aromatic hydroxyl groups is 1. The molecule has 0 heterocycles. The SMILES string of the molecule is O=C1c2ccccc2C(=O)c2c(O)c(Cl)cc(NCC(F)F)c21. The highest BCUT2D eigenvalue weighted by Gasteiger charge is 2.35. The number of hydrogen-bond acceptors (Lipinski definition) is 4. The van der Waals surface area contributed by atoms with Crippen molar-refractivity contribution in [1.82, 2.24) is 0 Å². The second-order valence-electron chi connectivity index (χ2n) is 4.98. The van der Waals surface area contributed by atoms with Gasteiger partial charge in [0, 0.05) is 16.8 Å². The van der Waals surface area contributed by atoms with Crippen molar-refractivity contribution in [2.24, 2.45) is 0 Å². The third-order valence-electron chi connectivity index (χ3n) is 3.57. The first-order chi connectivity index (χ1) is 10.9. The molecule has 0 saturated heterocycles. The van der Waals surface area contributed by atoms with E-state index < -0.39 is 30.3 Å². The molecule has 0 spiro atoms. The van der Waals surface area contributed by atoms with E-state index in [2.05, 4.69) is 5.32 Å². The smallest absolute Gasteiger partial charge is 0.255 e. The number of phenols is 1. The standard InChI is InChI=1S/C16H10ClF2NO3/c17-9-5-10(20-6-11(18)19)12-13(16(9)23)15(22)8-4-2-1-3-7(8)14(12)21/h1-5,11,20,23H,6H2. The molecule has 0 amide bonds. The van der Waals surface area contributed by atoms with E-state index in [0.717, 1.165) is 6.07 Å². The lowest BCUT2D eigenvalue weighted by atomic mass is 9.82. The quantitative estimate of drug-likeness (QED) is 0.718. The van der Waals surface area contributed by atoms with Crippen LogP contribution in [0.1, 0.15) is 31.8 Å². The van der Waals surface area contributed by atoms with Crippen LogP contribution in [0.2, 0.25) is 5.02 Å². The Balaban J connectivity index is 2.24. The summed E-state index contributed by atoms with van der Waals surface area (Å²) in [5.74, 6) is -1.63. The second kappa shape index (κ2) is 5.62. The molecule has 0 bridgehead atoms. The van der Waals surface area contributed by atoms with Crippen molar-refractivity contribution in [3.8, 4) is 5.75 Å². The molecule has 0 atom stereocenters. The van der Waals surface area contributed by atoms with E-state index in [9.17, 15) is 23.5 Å². The van der Waals surface area contributed by atoms with Crippen LogP contribution in [0, 0.1) is 0 Å². The predicted octanol–water partition coefficient (Wildman–Crippen LogP) is 3.50. The first-order valence-corrected chi connectivity index (χ1v) is 7.05. The molecule has 0 aliphatic heterocycles. The van der Waals surface area contributed by atoms with Crippen LogP contribution in [0.25, 0.3) is 0 Å². The minimum absolute atomic E-state index is 0.00375. The Kier molecular flexibility index (Phi) is 3.77. The van der Waals surface area contributed by atoms with Crippen LogP contribution >= 0.6 is 11.6 Å². The van der Waals surface area contributed by atoms with Crippen molar-refractivity contribution in [2.75, 3.05) is 11.9 Å². The van der Waals surface area contributed by atoms with Crippen molar-refractivity contribution in [1.29, 1.82) is 0 Å². The molecule has 2 aromatic carbocycles. The highest BCUT2D eigenvalue weighted by atomic mass is 35.5. The van der Waals surface area contributed by atoms with Crippen molar-refractivity contribution < 1.29 is 23.5 Å². The van der Waals surface area contributed by atoms with Gasteiger partial charge < -0.3 is 10.4 Å². The number of carbonyl (C=O) groups excluding carboxylic acids is 2. The van der Waals surface area contributed by atoms with E-state index in [1.54, 1.807) is 12.1 Å². The van der Waals surface area contributed by atoms with E-state index in [4.69, 9.17) is 11.6 Å². The highest BCUT2D eigenvalue weighted by Crippen LogP contribution is 2.41. The zero-order chi connectivity index (χ0) is 16.7. The fourth-order valence-electron chi connectivity index (χ4n) is 2.57. The minimum Gasteiger partial charge on any atom is -0.506 e. The summed E-state index contributed by atoms with van der Waals surface area (Å²) in [4.78, 5) is 25.2. The molecule has 3 rings (SSSR count). The Labute approximate surface area is 134 Å². The average molecular weight is 338 g/mol. The zero-order valence-electron chi connectivity index (χ0n) is 11.6. The molecule has 0 fully saturated rings. The van der Waals surface area contributed by atoms with Crippen molar-refractivity contribution in [3.63, 3.8) is 0 Å². The van der Waals surface area contributed by atoms with Gasteiger partial charge in [-0.1, -0.05) is 35.9 Å². The third-order valence-corrected chi connectivity index (χ3v) is 3.86. The number of alkyl halides is 2. The van der Waals surface area contributed by atoms with Crippen molar-refractivity contribution >= 4 is 28.9 Å². The molecule has 4 nitrogen and oxygen atoms in total. The molecule has 1 aliphatic carbocycles. The number of rotatable bonds is 3. The molecule has 0 saturated carbocycles. The summed E-state index contributed by atoms with van der Waals surface area (Å²) in [7, 11) is 0. The summed E-state index contributed by atoms with van der Waals surface area (Å²) >= 11 is 5.87. The number of fused-ring (bicyclic) bond motifs is 2. The van der Waals surface area contributed by atoms with Gasteiger partial charge >= 0.3 is 0 Å². The van der Waals surface area contributed by atoms with Crippen LogP contribution in [-0.4, -0.2) is 29.6 Å². The molecule has 118 valence electrons. The predicted molar refractivity (Wildman–Crippen MR) is 80.9 cm³/mol. The van der Waals surface area contributed by atoms with Crippen LogP contribution in [0.5, 0.6) is 5.75 Å². The van der Waals surface area contributed by atoms with Gasteiger partial charge in [0.05, 0.1) is 22.7 Å². The van der Waals surface area contributed by atoms with Gasteiger partial charge in [-0.3, -0.25) is 9.59 Å². The average Bonchev–Trinajstić information content (AvgIpc) is 2.53. The topological polar surface area (TPSA) is 66.4 Å². The Morgan fingerprint density at radius 1 is 1.09 bits per heavy atom. The van der Waals surface area contributed by atoms with Crippen LogP contribution < -0.4 is 5.32 Å². The number of hydrogen-bond donors (Lipinski definition) is 2. The number of carbonyl (C=O) groups is 2. The summed E-state index contributed by atoms with van der Waals surface area (Å²) < 4.78 is 24.9. The molecule has 2 N–H and O–H groups in total. The fraction of sp³-hybridized carbons (Fsp3) is 0.125. The normalized spacial score (nSPS) is 13.0. The van der Waals surface area contributed by atoms with E-state index in [0.29, 0.717) is 0 Å². The molecular formula is C16H10ClF2NO3. The number of phenolic OH excluding ortho intramolecular Hbond substituents is 1. The van der Waals surface area contributed by atoms with Gasteiger partial charge in [-0.05, 0) is 6.07 Å². The third kappa shape index (κ3) is 2.45. The first kappa shape index (κ1) is 15.4. The van der Waals surface area contributed by atoms with Gasteiger partial charge in [-0.25, -0.2) is 8.78 Å². The van der Waals surface area contributed by atoms with Gasteiger partial charge in [0.2, 0.25) is 0 Å². The highest BCUT2D eigenvalue weighted by molar-refractivity contribution is 6.36.